The molecule has 1 aromatic heterocycles. The van der Waals surface area contributed by atoms with Crippen LogP contribution in [0.25, 0.3) is 0 Å². The first kappa shape index (κ1) is 13.9. The summed E-state index contributed by atoms with van der Waals surface area (Å²) >= 11 is 0. The molecule has 0 radical (unpaired) electrons. The predicted octanol–water partition coefficient (Wildman–Crippen LogP) is 1.91. The van der Waals surface area contributed by atoms with Gasteiger partial charge in [-0.05, 0) is 13.0 Å². The lowest BCUT2D eigenvalue weighted by atomic mass is 10.4. The third kappa shape index (κ3) is 4.26. The Morgan fingerprint density at radius 3 is 2.50 bits per heavy atom. The molecule has 0 unspecified atom stereocenters. The minimum atomic E-state index is 0. The van der Waals surface area contributed by atoms with Crippen molar-refractivity contribution in [2.24, 2.45) is 0 Å². The third-order valence-corrected chi connectivity index (χ3v) is 1.05. The monoisotopic (exact) mass is 210 g/mol. The van der Waals surface area contributed by atoms with Crippen LogP contribution in [-0.4, -0.2) is 11.6 Å². The van der Waals surface area contributed by atoms with E-state index >= 15 is 0 Å². The highest BCUT2D eigenvalue weighted by Crippen LogP contribution is 2.07. The molecule has 0 saturated heterocycles. The van der Waals surface area contributed by atoms with Gasteiger partial charge in [0.15, 0.2) is 0 Å². The molecule has 1 heterocycles. The molecule has 70 valence electrons. The van der Waals surface area contributed by atoms with E-state index < -0.39 is 0 Å². The number of rotatable bonds is 2. The van der Waals surface area contributed by atoms with Crippen LogP contribution in [0, 0.1) is 0 Å². The standard InChI is InChI=1S/C7H10N2O.2ClH/c1-2-10-7-4-3-6(8)5-9-7;;/h3-5H,2,8H2,1H3;2*1H. The summed E-state index contributed by atoms with van der Waals surface area (Å²) < 4.78 is 5.09. The molecular formula is C7H12Cl2N2O. The van der Waals surface area contributed by atoms with Crippen LogP contribution in [0.5, 0.6) is 5.88 Å². The average molecular weight is 211 g/mol. The van der Waals surface area contributed by atoms with Gasteiger partial charge in [-0.3, -0.25) is 0 Å². The van der Waals surface area contributed by atoms with E-state index in [0.29, 0.717) is 18.2 Å². The van der Waals surface area contributed by atoms with Crippen molar-refractivity contribution in [1.29, 1.82) is 0 Å². The van der Waals surface area contributed by atoms with Crippen molar-refractivity contribution in [3.63, 3.8) is 0 Å². The molecule has 3 nitrogen and oxygen atoms in total. The van der Waals surface area contributed by atoms with Crippen LogP contribution in [0.3, 0.4) is 0 Å². The van der Waals surface area contributed by atoms with Crippen molar-refractivity contribution in [2.75, 3.05) is 12.3 Å². The zero-order valence-electron chi connectivity index (χ0n) is 6.69. The lowest BCUT2D eigenvalue weighted by Crippen LogP contribution is -1.94. The van der Waals surface area contributed by atoms with E-state index in [-0.39, 0.29) is 24.8 Å². The van der Waals surface area contributed by atoms with Crippen molar-refractivity contribution in [2.45, 2.75) is 6.92 Å². The fourth-order valence-electron chi connectivity index (χ4n) is 0.625. The highest BCUT2D eigenvalue weighted by molar-refractivity contribution is 5.85. The Morgan fingerprint density at radius 1 is 1.42 bits per heavy atom. The molecule has 5 heteroatoms. The fourth-order valence-corrected chi connectivity index (χ4v) is 0.625. The van der Waals surface area contributed by atoms with Crippen molar-refractivity contribution in [3.05, 3.63) is 18.3 Å². The van der Waals surface area contributed by atoms with Crippen molar-refractivity contribution in [3.8, 4) is 5.88 Å². The van der Waals surface area contributed by atoms with Gasteiger partial charge in [0.05, 0.1) is 18.5 Å². The lowest BCUT2D eigenvalue weighted by Gasteiger charge is -1.99. The number of ether oxygens (including phenoxy) is 1. The maximum atomic E-state index is 5.40. The van der Waals surface area contributed by atoms with E-state index in [1.165, 1.54) is 0 Å². The Kier molecular flexibility index (Phi) is 8.11. The van der Waals surface area contributed by atoms with Gasteiger partial charge in [0.25, 0.3) is 0 Å². The molecule has 0 spiro atoms. The number of aromatic nitrogens is 1. The summed E-state index contributed by atoms with van der Waals surface area (Å²) in [6.45, 7) is 2.55. The number of nitrogens with zero attached hydrogens (tertiary/aromatic N) is 1. The van der Waals surface area contributed by atoms with E-state index in [2.05, 4.69) is 4.98 Å². The number of anilines is 1. The van der Waals surface area contributed by atoms with E-state index in [1.807, 2.05) is 6.92 Å². The summed E-state index contributed by atoms with van der Waals surface area (Å²) in [6, 6.07) is 3.51. The smallest absolute Gasteiger partial charge is 0.213 e. The minimum absolute atomic E-state index is 0. The Labute approximate surface area is 84.1 Å². The average Bonchev–Trinajstić information content (AvgIpc) is 1.95. The minimum Gasteiger partial charge on any atom is -0.478 e. The topological polar surface area (TPSA) is 48.1 Å². The first-order valence-corrected chi connectivity index (χ1v) is 3.17. The van der Waals surface area contributed by atoms with Gasteiger partial charge in [0.1, 0.15) is 0 Å². The molecule has 0 saturated carbocycles. The lowest BCUT2D eigenvalue weighted by molar-refractivity contribution is 0.327. The molecule has 0 fully saturated rings. The van der Waals surface area contributed by atoms with Crippen LogP contribution in [-0.2, 0) is 0 Å². The Balaban J connectivity index is 0. The van der Waals surface area contributed by atoms with Gasteiger partial charge >= 0.3 is 0 Å². The number of nitrogen functional groups attached to an aromatic ring is 1. The normalized spacial score (nSPS) is 7.75. The number of hydrogen-bond donors (Lipinski definition) is 1. The summed E-state index contributed by atoms with van der Waals surface area (Å²) in [6.07, 6.45) is 1.57. The molecule has 0 aliphatic rings. The highest BCUT2D eigenvalue weighted by Gasteiger charge is 1.90. The van der Waals surface area contributed by atoms with E-state index in [0.717, 1.165) is 0 Å². The second-order valence-electron chi connectivity index (χ2n) is 1.86. The molecule has 0 amide bonds. The summed E-state index contributed by atoms with van der Waals surface area (Å²) in [7, 11) is 0. The number of hydrogen-bond acceptors (Lipinski definition) is 3. The SMILES string of the molecule is CCOc1ccc(N)cn1.Cl.Cl. The van der Waals surface area contributed by atoms with Gasteiger partial charge in [-0.2, -0.15) is 0 Å². The van der Waals surface area contributed by atoms with E-state index in [1.54, 1.807) is 18.3 Å². The first-order valence-electron chi connectivity index (χ1n) is 3.17. The molecule has 1 rings (SSSR count). The van der Waals surface area contributed by atoms with Crippen LogP contribution in [0.2, 0.25) is 0 Å². The van der Waals surface area contributed by atoms with Gasteiger partial charge in [0.2, 0.25) is 5.88 Å². The van der Waals surface area contributed by atoms with E-state index in [9.17, 15) is 0 Å². The van der Waals surface area contributed by atoms with Crippen LogP contribution in [0.1, 0.15) is 6.92 Å². The largest absolute Gasteiger partial charge is 0.478 e. The maximum Gasteiger partial charge on any atom is 0.213 e. The van der Waals surface area contributed by atoms with Gasteiger partial charge < -0.3 is 10.5 Å². The fraction of sp³-hybridized carbons (Fsp3) is 0.286. The van der Waals surface area contributed by atoms with Crippen LogP contribution in [0.15, 0.2) is 18.3 Å². The zero-order valence-corrected chi connectivity index (χ0v) is 8.32. The number of halogens is 2. The van der Waals surface area contributed by atoms with Crippen molar-refractivity contribution in [1.82, 2.24) is 4.98 Å². The van der Waals surface area contributed by atoms with Crippen LogP contribution < -0.4 is 10.5 Å². The molecule has 0 aliphatic heterocycles. The maximum absolute atomic E-state index is 5.40. The molecule has 2 N–H and O–H groups in total. The molecular weight excluding hydrogens is 199 g/mol. The molecule has 0 bridgehead atoms. The molecule has 0 aromatic carbocycles. The Bertz CT molecular complexity index is 203. The Hall–Kier alpha value is -0.670. The zero-order chi connectivity index (χ0) is 7.40. The van der Waals surface area contributed by atoms with Gasteiger partial charge in [-0.25, -0.2) is 4.98 Å². The highest BCUT2D eigenvalue weighted by atomic mass is 35.5. The van der Waals surface area contributed by atoms with Crippen LogP contribution >= 0.6 is 24.8 Å². The van der Waals surface area contributed by atoms with Crippen LogP contribution in [0.4, 0.5) is 5.69 Å². The molecule has 0 atom stereocenters. The summed E-state index contributed by atoms with van der Waals surface area (Å²) in [5, 5.41) is 0. The second-order valence-corrected chi connectivity index (χ2v) is 1.86. The van der Waals surface area contributed by atoms with Crippen molar-refractivity contribution >= 4 is 30.5 Å². The summed E-state index contributed by atoms with van der Waals surface area (Å²) in [5.74, 6) is 0.622. The Morgan fingerprint density at radius 2 is 2.08 bits per heavy atom. The second kappa shape index (κ2) is 7.00. The number of pyridine rings is 1. The summed E-state index contributed by atoms with van der Waals surface area (Å²) in [4.78, 5) is 3.92. The summed E-state index contributed by atoms with van der Waals surface area (Å²) in [5.41, 5.74) is 6.06. The third-order valence-electron chi connectivity index (χ3n) is 1.05. The van der Waals surface area contributed by atoms with Gasteiger partial charge in [0, 0.05) is 6.07 Å². The molecule has 0 aliphatic carbocycles. The quantitative estimate of drug-likeness (QED) is 0.812. The molecule has 1 aromatic rings. The van der Waals surface area contributed by atoms with Crippen molar-refractivity contribution < 1.29 is 4.74 Å². The van der Waals surface area contributed by atoms with Gasteiger partial charge in [-0.1, -0.05) is 0 Å². The van der Waals surface area contributed by atoms with E-state index in [4.69, 9.17) is 10.5 Å². The predicted molar refractivity (Wildman–Crippen MR) is 54.3 cm³/mol. The number of nitrogens with two attached hydrogens (primary N) is 1. The molecule has 12 heavy (non-hydrogen) atoms. The van der Waals surface area contributed by atoms with Gasteiger partial charge in [-0.15, -0.1) is 24.8 Å². The first-order chi connectivity index (χ1) is 4.83.